The van der Waals surface area contributed by atoms with Crippen LogP contribution in [0.2, 0.25) is 0 Å². The quantitative estimate of drug-likeness (QED) is 0.433. The molecular weight excluding hydrogens is 382 g/mol. The van der Waals surface area contributed by atoms with Gasteiger partial charge in [0.25, 0.3) is 11.7 Å². The average Bonchev–Trinajstić information content (AvgIpc) is 2.98. The van der Waals surface area contributed by atoms with Crippen LogP contribution in [-0.2, 0) is 14.4 Å². The zero-order chi connectivity index (χ0) is 21.8. The van der Waals surface area contributed by atoms with Gasteiger partial charge in [0.2, 0.25) is 0 Å². The minimum Gasteiger partial charge on any atom is -0.550 e. The molecule has 0 bridgehead atoms. The first-order chi connectivity index (χ1) is 14.3. The Morgan fingerprint density at radius 1 is 1.07 bits per heavy atom. The summed E-state index contributed by atoms with van der Waals surface area (Å²) in [5, 5.41) is 21.7. The third-order valence-corrected chi connectivity index (χ3v) is 5.29. The first-order valence-electron chi connectivity index (χ1n) is 9.94. The van der Waals surface area contributed by atoms with Gasteiger partial charge in [-0.05, 0) is 29.9 Å². The second-order valence-corrected chi connectivity index (χ2v) is 7.66. The molecule has 1 amide bonds. The predicted octanol–water partition coefficient (Wildman–Crippen LogP) is 2.76. The lowest BCUT2D eigenvalue weighted by molar-refractivity contribution is -0.305. The van der Waals surface area contributed by atoms with Crippen LogP contribution in [0.5, 0.6) is 0 Å². The molecule has 0 spiro atoms. The third kappa shape index (κ3) is 4.27. The van der Waals surface area contributed by atoms with Gasteiger partial charge in [-0.15, -0.1) is 0 Å². The zero-order valence-electron chi connectivity index (χ0n) is 17.0. The van der Waals surface area contributed by atoms with Crippen LogP contribution in [0.4, 0.5) is 0 Å². The molecule has 1 aliphatic heterocycles. The Morgan fingerprint density at radius 2 is 1.70 bits per heavy atom. The van der Waals surface area contributed by atoms with Crippen molar-refractivity contribution in [1.29, 1.82) is 0 Å². The molecule has 1 atom stereocenters. The molecule has 2 aromatic carbocycles. The molecule has 1 saturated heterocycles. The number of rotatable bonds is 7. The fraction of sp³-hybridized carbons (Fsp3) is 0.292. The van der Waals surface area contributed by atoms with Crippen molar-refractivity contribution in [1.82, 2.24) is 4.90 Å². The summed E-state index contributed by atoms with van der Waals surface area (Å²) in [6, 6.07) is 15.4. The van der Waals surface area contributed by atoms with Crippen molar-refractivity contribution in [2.24, 2.45) is 0 Å². The maximum Gasteiger partial charge on any atom is 0.295 e. The number of amides is 1. The van der Waals surface area contributed by atoms with Gasteiger partial charge in [0.1, 0.15) is 5.76 Å². The normalized spacial score (nSPS) is 18.2. The first-order valence-corrected chi connectivity index (χ1v) is 9.94. The Morgan fingerprint density at radius 3 is 2.27 bits per heavy atom. The summed E-state index contributed by atoms with van der Waals surface area (Å²) in [5.74, 6) is -2.66. The second kappa shape index (κ2) is 8.95. The maximum atomic E-state index is 12.8. The highest BCUT2D eigenvalue weighted by atomic mass is 16.4. The number of carboxylic acid groups (broad SMARTS) is 1. The summed E-state index contributed by atoms with van der Waals surface area (Å²) in [6.07, 6.45) is -0.0675. The summed E-state index contributed by atoms with van der Waals surface area (Å²) in [5.41, 5.74) is 2.24. The lowest BCUT2D eigenvalue weighted by Crippen LogP contribution is -2.32. The van der Waals surface area contributed by atoms with E-state index in [1.165, 1.54) is 4.90 Å². The number of aliphatic carboxylic acids is 1. The van der Waals surface area contributed by atoms with E-state index < -0.39 is 23.7 Å². The van der Waals surface area contributed by atoms with Crippen molar-refractivity contribution in [3.05, 3.63) is 76.9 Å². The van der Waals surface area contributed by atoms with E-state index in [0.29, 0.717) is 17.0 Å². The molecule has 1 heterocycles. The first kappa shape index (κ1) is 21.3. The lowest BCUT2D eigenvalue weighted by Gasteiger charge is -2.25. The Hall–Kier alpha value is -3.41. The van der Waals surface area contributed by atoms with Gasteiger partial charge in [0, 0.05) is 18.1 Å². The van der Waals surface area contributed by atoms with E-state index in [9.17, 15) is 24.6 Å². The van der Waals surface area contributed by atoms with Crippen LogP contribution >= 0.6 is 0 Å². The molecule has 6 nitrogen and oxygen atoms in total. The smallest absolute Gasteiger partial charge is 0.295 e. The molecule has 1 fully saturated rings. The number of carbonyl (C=O) groups is 3. The van der Waals surface area contributed by atoms with Crippen molar-refractivity contribution in [2.75, 3.05) is 6.54 Å². The summed E-state index contributed by atoms with van der Waals surface area (Å²) in [6.45, 7) is 4.20. The topological polar surface area (TPSA) is 97.7 Å². The number of aliphatic hydroxyl groups excluding tert-OH is 1. The summed E-state index contributed by atoms with van der Waals surface area (Å²) < 4.78 is 0. The van der Waals surface area contributed by atoms with Crippen LogP contribution in [0.15, 0.2) is 60.2 Å². The molecule has 0 radical (unpaired) electrons. The Balaban J connectivity index is 2.08. The number of Topliss-reactive ketones (excluding diaryl/α,β-unsaturated/α-hetero) is 1. The third-order valence-electron chi connectivity index (χ3n) is 5.29. The van der Waals surface area contributed by atoms with E-state index in [1.807, 2.05) is 24.3 Å². The second-order valence-electron chi connectivity index (χ2n) is 7.66. The van der Waals surface area contributed by atoms with Crippen LogP contribution in [-0.4, -0.2) is 34.2 Å². The minimum atomic E-state index is -1.21. The maximum absolute atomic E-state index is 12.8. The zero-order valence-corrected chi connectivity index (χ0v) is 17.0. The SMILES string of the molecule is CC(C)c1ccc([C@H]2C(=C(O)c3ccccc3)C(=O)C(=O)N2CCCC(=O)[O-])cc1. The van der Waals surface area contributed by atoms with Gasteiger partial charge in [-0.25, -0.2) is 0 Å². The van der Waals surface area contributed by atoms with Gasteiger partial charge in [-0.2, -0.15) is 0 Å². The van der Waals surface area contributed by atoms with Crippen LogP contribution in [0, 0.1) is 0 Å². The highest BCUT2D eigenvalue weighted by molar-refractivity contribution is 6.46. The number of carboxylic acids is 1. The van der Waals surface area contributed by atoms with E-state index in [-0.39, 0.29) is 30.7 Å². The van der Waals surface area contributed by atoms with Gasteiger partial charge in [-0.1, -0.05) is 68.4 Å². The number of carbonyl (C=O) groups excluding carboxylic acids is 3. The van der Waals surface area contributed by atoms with E-state index >= 15 is 0 Å². The fourth-order valence-corrected chi connectivity index (χ4v) is 3.67. The molecule has 156 valence electrons. The molecule has 0 aromatic heterocycles. The van der Waals surface area contributed by atoms with Gasteiger partial charge in [0.05, 0.1) is 11.6 Å². The number of benzene rings is 2. The number of likely N-dealkylation sites (tertiary alicyclic amines) is 1. The van der Waals surface area contributed by atoms with Crippen molar-refractivity contribution in [3.63, 3.8) is 0 Å². The molecular formula is C24H24NO5-. The largest absolute Gasteiger partial charge is 0.550 e. The number of aliphatic hydroxyl groups is 1. The number of nitrogens with zero attached hydrogens (tertiary/aromatic N) is 1. The Labute approximate surface area is 175 Å². The summed E-state index contributed by atoms with van der Waals surface area (Å²) >= 11 is 0. The van der Waals surface area contributed by atoms with E-state index in [1.54, 1.807) is 30.3 Å². The van der Waals surface area contributed by atoms with E-state index in [2.05, 4.69) is 13.8 Å². The van der Waals surface area contributed by atoms with E-state index in [0.717, 1.165) is 5.56 Å². The number of hydrogen-bond donors (Lipinski definition) is 1. The van der Waals surface area contributed by atoms with Crippen molar-refractivity contribution < 1.29 is 24.6 Å². The van der Waals surface area contributed by atoms with Crippen LogP contribution in [0.25, 0.3) is 5.76 Å². The lowest BCUT2D eigenvalue weighted by atomic mass is 9.93. The average molecular weight is 406 g/mol. The highest BCUT2D eigenvalue weighted by Crippen LogP contribution is 2.39. The molecule has 0 unspecified atom stereocenters. The molecule has 1 N–H and O–H groups in total. The van der Waals surface area contributed by atoms with Crippen LogP contribution in [0.1, 0.15) is 55.3 Å². The molecule has 1 aliphatic rings. The number of hydrogen-bond acceptors (Lipinski definition) is 5. The molecule has 6 heteroatoms. The minimum absolute atomic E-state index is 0.0111. The van der Waals surface area contributed by atoms with Crippen molar-refractivity contribution >= 4 is 23.4 Å². The van der Waals surface area contributed by atoms with Gasteiger partial charge >= 0.3 is 0 Å². The Kier molecular flexibility index (Phi) is 6.35. The van der Waals surface area contributed by atoms with Crippen LogP contribution in [0.3, 0.4) is 0 Å². The standard InChI is InChI=1S/C24H25NO5/c1-15(2)16-10-12-17(13-11-16)21-20(22(28)18-7-4-3-5-8-18)23(29)24(30)25(21)14-6-9-19(26)27/h3-5,7-8,10-13,15,21,28H,6,9,14H2,1-2H3,(H,26,27)/p-1/t21-/m0/s1. The molecule has 0 aliphatic carbocycles. The predicted molar refractivity (Wildman–Crippen MR) is 110 cm³/mol. The number of ketones is 1. The Bertz CT molecular complexity index is 976. The summed E-state index contributed by atoms with van der Waals surface area (Å²) in [4.78, 5) is 37.7. The van der Waals surface area contributed by atoms with Crippen molar-refractivity contribution in [2.45, 2.75) is 38.6 Å². The van der Waals surface area contributed by atoms with E-state index in [4.69, 9.17) is 0 Å². The molecule has 2 aromatic rings. The van der Waals surface area contributed by atoms with Gasteiger partial charge in [0.15, 0.2) is 0 Å². The highest BCUT2D eigenvalue weighted by Gasteiger charge is 2.45. The van der Waals surface area contributed by atoms with Crippen LogP contribution < -0.4 is 5.11 Å². The summed E-state index contributed by atoms with van der Waals surface area (Å²) in [7, 11) is 0. The molecule has 30 heavy (non-hydrogen) atoms. The van der Waals surface area contributed by atoms with Crippen molar-refractivity contribution in [3.8, 4) is 0 Å². The monoisotopic (exact) mass is 406 g/mol. The molecule has 3 rings (SSSR count). The molecule has 0 saturated carbocycles. The van der Waals surface area contributed by atoms with Gasteiger partial charge in [-0.3, -0.25) is 9.59 Å². The fourth-order valence-electron chi connectivity index (χ4n) is 3.67. The van der Waals surface area contributed by atoms with Gasteiger partial charge < -0.3 is 19.9 Å².